The van der Waals surface area contributed by atoms with E-state index in [0.29, 0.717) is 15.7 Å². The maximum Gasteiger partial charge on any atom is 0.282 e. The van der Waals surface area contributed by atoms with E-state index in [-0.39, 0.29) is 11.9 Å². The van der Waals surface area contributed by atoms with Gasteiger partial charge in [-0.15, -0.1) is 0 Å². The van der Waals surface area contributed by atoms with E-state index in [0.717, 1.165) is 26.2 Å². The molecule has 3 rings (SSSR count). The van der Waals surface area contributed by atoms with E-state index < -0.39 is 0 Å². The fourth-order valence-electron chi connectivity index (χ4n) is 3.14. The number of rotatable bonds is 4. The SMILES string of the molecule is C[C@H](C(=O)Nc1cc(Cl)ccc1Cl)[NH+]1CCN(c2ccccc2)CC1. The maximum atomic E-state index is 12.6. The largest absolute Gasteiger partial charge is 0.360 e. The molecule has 0 aromatic heterocycles. The van der Waals surface area contributed by atoms with E-state index >= 15 is 0 Å². The van der Waals surface area contributed by atoms with Crippen molar-refractivity contribution in [3.05, 3.63) is 58.6 Å². The third-order valence-electron chi connectivity index (χ3n) is 4.72. The Hall–Kier alpha value is -1.75. The van der Waals surface area contributed by atoms with Crippen LogP contribution >= 0.6 is 23.2 Å². The monoisotopic (exact) mass is 378 g/mol. The quantitative estimate of drug-likeness (QED) is 0.857. The van der Waals surface area contributed by atoms with Gasteiger partial charge in [0.1, 0.15) is 0 Å². The van der Waals surface area contributed by atoms with Crippen LogP contribution in [0.4, 0.5) is 11.4 Å². The highest BCUT2D eigenvalue weighted by Gasteiger charge is 2.29. The molecule has 0 saturated carbocycles. The first-order valence-electron chi connectivity index (χ1n) is 8.45. The summed E-state index contributed by atoms with van der Waals surface area (Å²) in [5.41, 5.74) is 1.80. The number of halogens is 2. The van der Waals surface area contributed by atoms with Gasteiger partial charge < -0.3 is 15.1 Å². The van der Waals surface area contributed by atoms with Gasteiger partial charge in [-0.05, 0) is 37.3 Å². The van der Waals surface area contributed by atoms with Gasteiger partial charge in [0.2, 0.25) is 0 Å². The Balaban J connectivity index is 1.57. The third kappa shape index (κ3) is 4.46. The van der Waals surface area contributed by atoms with Crippen LogP contribution in [0.1, 0.15) is 6.92 Å². The summed E-state index contributed by atoms with van der Waals surface area (Å²) in [6.07, 6.45) is 0. The molecule has 1 fully saturated rings. The number of nitrogens with one attached hydrogen (secondary N) is 2. The lowest BCUT2D eigenvalue weighted by atomic mass is 10.2. The van der Waals surface area contributed by atoms with Crippen molar-refractivity contribution in [1.29, 1.82) is 0 Å². The lowest BCUT2D eigenvalue weighted by molar-refractivity contribution is -0.914. The van der Waals surface area contributed by atoms with Crippen molar-refractivity contribution in [3.63, 3.8) is 0 Å². The van der Waals surface area contributed by atoms with Gasteiger partial charge in [0, 0.05) is 10.7 Å². The first-order chi connectivity index (χ1) is 12.0. The molecular weight excluding hydrogens is 357 g/mol. The summed E-state index contributed by atoms with van der Waals surface area (Å²) in [4.78, 5) is 16.2. The lowest BCUT2D eigenvalue weighted by Crippen LogP contribution is -3.19. The molecule has 4 nitrogen and oxygen atoms in total. The third-order valence-corrected chi connectivity index (χ3v) is 5.28. The Morgan fingerprint density at radius 3 is 2.48 bits per heavy atom. The van der Waals surface area contributed by atoms with Gasteiger partial charge in [-0.3, -0.25) is 4.79 Å². The minimum Gasteiger partial charge on any atom is -0.360 e. The van der Waals surface area contributed by atoms with E-state index in [1.807, 2.05) is 13.0 Å². The molecule has 0 spiro atoms. The molecule has 1 aliphatic heterocycles. The number of hydrogen-bond acceptors (Lipinski definition) is 2. The molecule has 2 N–H and O–H groups in total. The molecular formula is C19H22Cl2N3O+. The van der Waals surface area contributed by atoms with Crippen LogP contribution in [0.2, 0.25) is 10.0 Å². The van der Waals surface area contributed by atoms with Gasteiger partial charge in [-0.2, -0.15) is 0 Å². The van der Waals surface area contributed by atoms with Crippen LogP contribution in [0.25, 0.3) is 0 Å². The van der Waals surface area contributed by atoms with E-state index in [2.05, 4.69) is 34.5 Å². The molecule has 1 saturated heterocycles. The standard InChI is InChI=1S/C19H21Cl2N3O/c1-14(19(25)22-18-13-15(20)7-8-17(18)21)23-9-11-24(12-10-23)16-5-3-2-4-6-16/h2-8,13-14H,9-12H2,1H3,(H,22,25)/p+1/t14-/m1/s1. The Kier molecular flexibility index (Phi) is 5.84. The maximum absolute atomic E-state index is 12.6. The van der Waals surface area contributed by atoms with Gasteiger partial charge in [0.05, 0.1) is 36.9 Å². The zero-order chi connectivity index (χ0) is 17.8. The van der Waals surface area contributed by atoms with E-state index in [4.69, 9.17) is 23.2 Å². The number of para-hydroxylation sites is 1. The Morgan fingerprint density at radius 1 is 1.12 bits per heavy atom. The smallest absolute Gasteiger partial charge is 0.282 e. The van der Waals surface area contributed by atoms with E-state index in [1.165, 1.54) is 10.6 Å². The second-order valence-corrected chi connectivity index (χ2v) is 7.16. The van der Waals surface area contributed by atoms with Crippen LogP contribution in [-0.2, 0) is 4.79 Å². The number of carbonyl (C=O) groups excluding carboxylic acids is 1. The molecule has 1 amide bonds. The lowest BCUT2D eigenvalue weighted by Gasteiger charge is -2.36. The van der Waals surface area contributed by atoms with Gasteiger partial charge in [-0.25, -0.2) is 0 Å². The average Bonchev–Trinajstić information content (AvgIpc) is 2.65. The number of quaternary nitrogens is 1. The predicted molar refractivity (Wildman–Crippen MR) is 104 cm³/mol. The number of carbonyl (C=O) groups is 1. The molecule has 0 aliphatic carbocycles. The van der Waals surface area contributed by atoms with Crippen molar-refractivity contribution in [2.24, 2.45) is 0 Å². The second kappa shape index (κ2) is 8.09. The van der Waals surface area contributed by atoms with Crippen molar-refractivity contribution in [3.8, 4) is 0 Å². The zero-order valence-corrected chi connectivity index (χ0v) is 15.6. The number of nitrogens with zero attached hydrogens (tertiary/aromatic N) is 1. The molecule has 1 atom stereocenters. The fraction of sp³-hybridized carbons (Fsp3) is 0.316. The topological polar surface area (TPSA) is 36.8 Å². The molecule has 2 aromatic rings. The molecule has 1 heterocycles. The van der Waals surface area contributed by atoms with Crippen molar-refractivity contribution < 1.29 is 9.69 Å². The van der Waals surface area contributed by atoms with Crippen molar-refractivity contribution >= 4 is 40.5 Å². The van der Waals surface area contributed by atoms with Crippen molar-refractivity contribution in [2.45, 2.75) is 13.0 Å². The fourth-order valence-corrected chi connectivity index (χ4v) is 3.48. The molecule has 0 bridgehead atoms. The van der Waals surface area contributed by atoms with Crippen LogP contribution in [0.15, 0.2) is 48.5 Å². The Labute approximate surface area is 158 Å². The number of piperazine rings is 1. The number of benzene rings is 2. The predicted octanol–water partition coefficient (Wildman–Crippen LogP) is 2.73. The molecule has 1 aliphatic rings. The van der Waals surface area contributed by atoms with Crippen LogP contribution in [0.3, 0.4) is 0 Å². The Bertz CT molecular complexity index is 731. The second-order valence-electron chi connectivity index (χ2n) is 6.32. The van der Waals surface area contributed by atoms with Gasteiger partial charge in [0.25, 0.3) is 5.91 Å². The van der Waals surface area contributed by atoms with Crippen LogP contribution in [0.5, 0.6) is 0 Å². The van der Waals surface area contributed by atoms with E-state index in [1.54, 1.807) is 18.2 Å². The van der Waals surface area contributed by atoms with Gasteiger partial charge in [-0.1, -0.05) is 41.4 Å². The van der Waals surface area contributed by atoms with Crippen molar-refractivity contribution in [1.82, 2.24) is 0 Å². The summed E-state index contributed by atoms with van der Waals surface area (Å²) >= 11 is 12.1. The first-order valence-corrected chi connectivity index (χ1v) is 9.20. The summed E-state index contributed by atoms with van der Waals surface area (Å²) in [5.74, 6) is -0.0349. The van der Waals surface area contributed by atoms with Gasteiger partial charge in [0.15, 0.2) is 6.04 Å². The van der Waals surface area contributed by atoms with Crippen molar-refractivity contribution in [2.75, 3.05) is 36.4 Å². The number of anilines is 2. The summed E-state index contributed by atoms with van der Waals surface area (Å²) < 4.78 is 0. The molecule has 2 aromatic carbocycles. The molecule has 0 unspecified atom stereocenters. The van der Waals surface area contributed by atoms with Crippen LogP contribution in [0, 0.1) is 0 Å². The van der Waals surface area contributed by atoms with E-state index in [9.17, 15) is 4.79 Å². The first kappa shape index (κ1) is 18.1. The molecule has 132 valence electrons. The minimum atomic E-state index is -0.145. The molecule has 25 heavy (non-hydrogen) atoms. The summed E-state index contributed by atoms with van der Waals surface area (Å²) in [7, 11) is 0. The molecule has 0 radical (unpaired) electrons. The highest BCUT2D eigenvalue weighted by molar-refractivity contribution is 6.35. The highest BCUT2D eigenvalue weighted by atomic mass is 35.5. The molecule has 6 heteroatoms. The number of amides is 1. The minimum absolute atomic E-state index is 0.0349. The average molecular weight is 379 g/mol. The number of hydrogen-bond donors (Lipinski definition) is 2. The van der Waals surface area contributed by atoms with Crippen LogP contribution < -0.4 is 15.1 Å². The van der Waals surface area contributed by atoms with Gasteiger partial charge >= 0.3 is 0 Å². The summed E-state index contributed by atoms with van der Waals surface area (Å²) in [6.45, 7) is 5.69. The Morgan fingerprint density at radius 2 is 1.80 bits per heavy atom. The summed E-state index contributed by atoms with van der Waals surface area (Å²) in [5, 5.41) is 3.95. The highest BCUT2D eigenvalue weighted by Crippen LogP contribution is 2.25. The zero-order valence-electron chi connectivity index (χ0n) is 14.1. The normalized spacial score (nSPS) is 16.5. The van der Waals surface area contributed by atoms with Crippen LogP contribution in [-0.4, -0.2) is 38.1 Å². The summed E-state index contributed by atoms with van der Waals surface area (Å²) in [6, 6.07) is 15.3.